The van der Waals surface area contributed by atoms with Crippen molar-refractivity contribution in [3.8, 4) is 0 Å². The summed E-state index contributed by atoms with van der Waals surface area (Å²) < 4.78 is 13.8. The number of hydrogen-bond donors (Lipinski definition) is 2. The summed E-state index contributed by atoms with van der Waals surface area (Å²) >= 11 is 0. The number of rotatable bonds is 7. The Balaban J connectivity index is 2.31. The van der Waals surface area contributed by atoms with Crippen molar-refractivity contribution in [2.45, 2.75) is 33.2 Å². The van der Waals surface area contributed by atoms with Crippen molar-refractivity contribution >= 4 is 23.5 Å². The number of amides is 2. The van der Waals surface area contributed by atoms with Crippen molar-refractivity contribution in [2.75, 3.05) is 11.9 Å². The Bertz CT molecular complexity index is 898. The summed E-state index contributed by atoms with van der Waals surface area (Å²) in [5, 5.41) is 11.7. The van der Waals surface area contributed by atoms with E-state index in [0.717, 1.165) is 0 Å². The van der Waals surface area contributed by atoms with Crippen molar-refractivity contribution in [3.63, 3.8) is 0 Å². The summed E-state index contributed by atoms with van der Waals surface area (Å²) in [5.41, 5.74) is 1.19. The molecule has 0 aliphatic rings. The van der Waals surface area contributed by atoms with E-state index in [-0.39, 0.29) is 17.2 Å². The highest BCUT2D eigenvalue weighted by molar-refractivity contribution is 6.06. The molecule has 2 aromatic carbocycles. The van der Waals surface area contributed by atoms with Gasteiger partial charge in [-0.15, -0.1) is 0 Å². The Morgan fingerprint density at radius 2 is 1.86 bits per heavy atom. The summed E-state index contributed by atoms with van der Waals surface area (Å²) in [6, 6.07) is 10.1. The van der Waals surface area contributed by atoms with E-state index < -0.39 is 30.1 Å². The van der Waals surface area contributed by atoms with Gasteiger partial charge in [0.15, 0.2) is 0 Å². The third kappa shape index (κ3) is 4.94. The van der Waals surface area contributed by atoms with Crippen LogP contribution in [-0.2, 0) is 4.79 Å². The van der Waals surface area contributed by atoms with Crippen LogP contribution in [-0.4, -0.2) is 40.4 Å². The maximum atomic E-state index is 13.8. The second kappa shape index (κ2) is 9.12. The molecule has 0 saturated carbocycles. The highest BCUT2D eigenvalue weighted by Crippen LogP contribution is 2.21. The number of nitrogens with one attached hydrogen (secondary N) is 1. The molecule has 7 heteroatoms. The fourth-order valence-electron chi connectivity index (χ4n) is 2.68. The number of nitrogens with zero attached hydrogens (tertiary/aromatic N) is 1. The van der Waals surface area contributed by atoms with E-state index in [0.29, 0.717) is 17.7 Å². The summed E-state index contributed by atoms with van der Waals surface area (Å²) in [4.78, 5) is 37.6. The average molecular weight is 386 g/mol. The number of carboxylic acid groups (broad SMARTS) is 1. The lowest BCUT2D eigenvalue weighted by Gasteiger charge is -2.27. The second-order valence-electron chi connectivity index (χ2n) is 6.55. The highest BCUT2D eigenvalue weighted by atomic mass is 19.1. The molecule has 2 amide bonds. The van der Waals surface area contributed by atoms with Crippen LogP contribution in [0.4, 0.5) is 10.1 Å². The summed E-state index contributed by atoms with van der Waals surface area (Å²) in [7, 11) is 0. The molecule has 0 aliphatic heterocycles. The number of hydrogen-bond acceptors (Lipinski definition) is 3. The lowest BCUT2D eigenvalue weighted by atomic mass is 10.1. The molecule has 0 heterocycles. The molecule has 0 fully saturated rings. The summed E-state index contributed by atoms with van der Waals surface area (Å²) in [6.07, 6.45) is 0.599. The molecule has 28 heavy (non-hydrogen) atoms. The number of halogens is 1. The fraction of sp³-hybridized carbons (Fsp3) is 0.286. The van der Waals surface area contributed by atoms with E-state index in [9.17, 15) is 18.8 Å². The van der Waals surface area contributed by atoms with E-state index in [1.54, 1.807) is 32.0 Å². The van der Waals surface area contributed by atoms with Gasteiger partial charge in [-0.25, -0.2) is 4.39 Å². The predicted octanol–water partition coefficient (Wildman–Crippen LogP) is 3.71. The van der Waals surface area contributed by atoms with Crippen LogP contribution >= 0.6 is 0 Å². The minimum Gasteiger partial charge on any atom is -0.480 e. The van der Waals surface area contributed by atoms with Crippen LogP contribution in [0.1, 0.15) is 46.5 Å². The lowest BCUT2D eigenvalue weighted by molar-refractivity contribution is -0.138. The summed E-state index contributed by atoms with van der Waals surface area (Å²) in [5.74, 6) is -2.82. The van der Waals surface area contributed by atoms with Crippen LogP contribution in [0.3, 0.4) is 0 Å². The normalized spacial score (nSPS) is 11.6. The Hall–Kier alpha value is -3.22. The molecule has 2 aromatic rings. The summed E-state index contributed by atoms with van der Waals surface area (Å²) in [6.45, 7) is 4.96. The van der Waals surface area contributed by atoms with Gasteiger partial charge in [0.1, 0.15) is 12.4 Å². The molecule has 0 aromatic heterocycles. The molecule has 1 atom stereocenters. The first-order chi connectivity index (χ1) is 13.2. The number of aryl methyl sites for hydroxylation is 1. The van der Waals surface area contributed by atoms with E-state index in [1.807, 2.05) is 6.92 Å². The Morgan fingerprint density at radius 3 is 2.46 bits per heavy atom. The fourth-order valence-corrected chi connectivity index (χ4v) is 2.68. The maximum Gasteiger partial charge on any atom is 0.323 e. The van der Waals surface area contributed by atoms with Crippen LogP contribution in [0, 0.1) is 12.7 Å². The zero-order valence-corrected chi connectivity index (χ0v) is 16.0. The molecule has 0 bridgehead atoms. The second-order valence-corrected chi connectivity index (χ2v) is 6.55. The van der Waals surface area contributed by atoms with Crippen LogP contribution in [0.25, 0.3) is 0 Å². The zero-order valence-electron chi connectivity index (χ0n) is 16.0. The molecule has 148 valence electrons. The van der Waals surface area contributed by atoms with E-state index in [4.69, 9.17) is 5.11 Å². The standard InChI is InChI=1S/C21H23FN2O4/c1-4-14(3)24(12-19(25)26)21(28)15-10-9-13(2)18(11-15)23-20(27)16-7-5-6-8-17(16)22/h5-11,14H,4,12H2,1-3H3,(H,23,27)(H,25,26). The van der Waals surface area contributed by atoms with Crippen molar-refractivity contribution < 1.29 is 23.9 Å². The third-order valence-corrected chi connectivity index (χ3v) is 4.54. The molecule has 2 N–H and O–H groups in total. The van der Waals surface area contributed by atoms with Gasteiger partial charge in [0.25, 0.3) is 11.8 Å². The Morgan fingerprint density at radius 1 is 1.18 bits per heavy atom. The lowest BCUT2D eigenvalue weighted by Crippen LogP contribution is -2.41. The molecule has 2 rings (SSSR count). The first kappa shape index (κ1) is 21.1. The van der Waals surface area contributed by atoms with Gasteiger partial charge >= 0.3 is 5.97 Å². The van der Waals surface area contributed by atoms with E-state index >= 15 is 0 Å². The van der Waals surface area contributed by atoms with Gasteiger partial charge in [0.2, 0.25) is 0 Å². The minimum absolute atomic E-state index is 0.106. The smallest absolute Gasteiger partial charge is 0.323 e. The number of anilines is 1. The molecule has 0 spiro atoms. The van der Waals surface area contributed by atoms with Gasteiger partial charge in [0.05, 0.1) is 5.56 Å². The van der Waals surface area contributed by atoms with Crippen LogP contribution in [0.15, 0.2) is 42.5 Å². The molecule has 0 saturated heterocycles. The number of carboxylic acids is 1. The van der Waals surface area contributed by atoms with Gasteiger partial charge in [0, 0.05) is 17.3 Å². The van der Waals surface area contributed by atoms with Gasteiger partial charge in [-0.2, -0.15) is 0 Å². The van der Waals surface area contributed by atoms with Crippen LogP contribution in [0.5, 0.6) is 0 Å². The van der Waals surface area contributed by atoms with Crippen molar-refractivity contribution in [1.29, 1.82) is 0 Å². The molecular formula is C21H23FN2O4. The molecular weight excluding hydrogens is 363 g/mol. The Kier molecular flexibility index (Phi) is 6.87. The average Bonchev–Trinajstić information content (AvgIpc) is 2.66. The molecule has 0 aliphatic carbocycles. The maximum absolute atomic E-state index is 13.8. The SMILES string of the molecule is CCC(C)N(CC(=O)O)C(=O)c1ccc(C)c(NC(=O)c2ccccc2F)c1. The molecule has 6 nitrogen and oxygen atoms in total. The highest BCUT2D eigenvalue weighted by Gasteiger charge is 2.23. The topological polar surface area (TPSA) is 86.7 Å². The monoisotopic (exact) mass is 386 g/mol. The minimum atomic E-state index is -1.10. The van der Waals surface area contributed by atoms with Gasteiger partial charge in [-0.05, 0) is 50.1 Å². The number of benzene rings is 2. The van der Waals surface area contributed by atoms with Gasteiger partial charge < -0.3 is 15.3 Å². The largest absolute Gasteiger partial charge is 0.480 e. The van der Waals surface area contributed by atoms with E-state index in [1.165, 1.54) is 29.2 Å². The quantitative estimate of drug-likeness (QED) is 0.759. The number of aliphatic carboxylic acids is 1. The third-order valence-electron chi connectivity index (χ3n) is 4.54. The Labute approximate surface area is 163 Å². The van der Waals surface area contributed by atoms with Crippen LogP contribution in [0.2, 0.25) is 0 Å². The molecule has 0 radical (unpaired) electrons. The zero-order chi connectivity index (χ0) is 20.8. The van der Waals surface area contributed by atoms with Gasteiger partial charge in [-0.1, -0.05) is 25.1 Å². The van der Waals surface area contributed by atoms with Crippen molar-refractivity contribution in [1.82, 2.24) is 4.90 Å². The molecule has 1 unspecified atom stereocenters. The number of carbonyl (C=O) groups excluding carboxylic acids is 2. The van der Waals surface area contributed by atoms with E-state index in [2.05, 4.69) is 5.32 Å². The number of carbonyl (C=O) groups is 3. The van der Waals surface area contributed by atoms with Gasteiger partial charge in [-0.3, -0.25) is 14.4 Å². The van der Waals surface area contributed by atoms with Crippen molar-refractivity contribution in [3.05, 3.63) is 65.0 Å². The van der Waals surface area contributed by atoms with Crippen molar-refractivity contribution in [2.24, 2.45) is 0 Å². The first-order valence-corrected chi connectivity index (χ1v) is 8.93. The first-order valence-electron chi connectivity index (χ1n) is 8.93. The van der Waals surface area contributed by atoms with Crippen LogP contribution < -0.4 is 5.32 Å². The predicted molar refractivity (Wildman–Crippen MR) is 104 cm³/mol.